The standard InChI is InChI=1S/C19H18ClN3O2S/c20-16-8-5-4-6-13(16)11-22-25-12-18(24)23-19-15(10-21)14-7-2-1-3-9-17(14)26-19/h4-6,8,11H,1-3,7,9,12H2,(H,23,24)/b22-11+. The molecule has 7 heteroatoms. The average Bonchev–Trinajstić information content (AvgIpc) is 2.79. The summed E-state index contributed by atoms with van der Waals surface area (Å²) in [6.07, 6.45) is 6.75. The predicted molar refractivity (Wildman–Crippen MR) is 104 cm³/mol. The Morgan fingerprint density at radius 1 is 1.35 bits per heavy atom. The highest BCUT2D eigenvalue weighted by Crippen LogP contribution is 2.36. The largest absolute Gasteiger partial charge is 0.386 e. The maximum absolute atomic E-state index is 12.1. The van der Waals surface area contributed by atoms with Gasteiger partial charge in [0, 0.05) is 15.5 Å². The van der Waals surface area contributed by atoms with Crippen molar-refractivity contribution in [1.82, 2.24) is 0 Å². The summed E-state index contributed by atoms with van der Waals surface area (Å²) in [5.41, 5.74) is 2.41. The van der Waals surface area contributed by atoms with E-state index in [0.29, 0.717) is 21.2 Å². The van der Waals surface area contributed by atoms with Crippen LogP contribution in [0, 0.1) is 11.3 Å². The fraction of sp³-hybridized carbons (Fsp3) is 0.316. The lowest BCUT2D eigenvalue weighted by molar-refractivity contribution is -0.120. The molecular weight excluding hydrogens is 370 g/mol. The number of halogens is 1. The van der Waals surface area contributed by atoms with Crippen LogP contribution in [0.25, 0.3) is 0 Å². The van der Waals surface area contributed by atoms with E-state index >= 15 is 0 Å². The summed E-state index contributed by atoms with van der Waals surface area (Å²) < 4.78 is 0. The van der Waals surface area contributed by atoms with Crippen LogP contribution in [-0.2, 0) is 22.5 Å². The maximum Gasteiger partial charge on any atom is 0.265 e. The van der Waals surface area contributed by atoms with Crippen molar-refractivity contribution >= 4 is 40.1 Å². The van der Waals surface area contributed by atoms with Gasteiger partial charge in [-0.25, -0.2) is 0 Å². The lowest BCUT2D eigenvalue weighted by Crippen LogP contribution is -2.17. The van der Waals surface area contributed by atoms with Crippen molar-refractivity contribution in [3.63, 3.8) is 0 Å². The Morgan fingerprint density at radius 3 is 2.96 bits per heavy atom. The van der Waals surface area contributed by atoms with Crippen LogP contribution in [0.1, 0.15) is 40.8 Å². The summed E-state index contributed by atoms with van der Waals surface area (Å²) in [6, 6.07) is 9.45. The topological polar surface area (TPSA) is 74.5 Å². The minimum atomic E-state index is -0.339. The molecule has 26 heavy (non-hydrogen) atoms. The molecule has 3 rings (SSSR count). The monoisotopic (exact) mass is 387 g/mol. The summed E-state index contributed by atoms with van der Waals surface area (Å²) in [6.45, 7) is -0.228. The van der Waals surface area contributed by atoms with Gasteiger partial charge in [-0.2, -0.15) is 5.26 Å². The number of nitriles is 1. The van der Waals surface area contributed by atoms with Crippen molar-refractivity contribution in [3.8, 4) is 6.07 Å². The number of nitrogens with one attached hydrogen (secondary N) is 1. The number of carbonyl (C=O) groups is 1. The van der Waals surface area contributed by atoms with E-state index in [9.17, 15) is 10.1 Å². The van der Waals surface area contributed by atoms with Crippen LogP contribution in [0.15, 0.2) is 29.4 Å². The quantitative estimate of drug-likeness (QED) is 0.465. The molecule has 0 aliphatic heterocycles. The van der Waals surface area contributed by atoms with Crippen LogP contribution in [0.2, 0.25) is 5.02 Å². The van der Waals surface area contributed by atoms with Gasteiger partial charge in [0.15, 0.2) is 6.61 Å². The Hall–Kier alpha value is -2.36. The van der Waals surface area contributed by atoms with Gasteiger partial charge in [0.05, 0.1) is 11.8 Å². The van der Waals surface area contributed by atoms with Gasteiger partial charge in [0.25, 0.3) is 5.91 Å². The van der Waals surface area contributed by atoms with Gasteiger partial charge in [0.2, 0.25) is 0 Å². The van der Waals surface area contributed by atoms with Crippen LogP contribution in [0.5, 0.6) is 0 Å². The summed E-state index contributed by atoms with van der Waals surface area (Å²) in [7, 11) is 0. The van der Waals surface area contributed by atoms with Crippen molar-refractivity contribution < 1.29 is 9.63 Å². The summed E-state index contributed by atoms with van der Waals surface area (Å²) in [4.78, 5) is 18.4. The van der Waals surface area contributed by atoms with E-state index in [2.05, 4.69) is 16.5 Å². The van der Waals surface area contributed by atoms with Crippen LogP contribution < -0.4 is 5.32 Å². The van der Waals surface area contributed by atoms with E-state index in [4.69, 9.17) is 16.4 Å². The highest BCUT2D eigenvalue weighted by atomic mass is 35.5. The number of aryl methyl sites for hydroxylation is 1. The number of thiophene rings is 1. The number of carbonyl (C=O) groups excluding carboxylic acids is 1. The number of amides is 1. The number of fused-ring (bicyclic) bond motifs is 1. The lowest BCUT2D eigenvalue weighted by Gasteiger charge is -2.03. The molecule has 0 saturated heterocycles. The molecule has 1 aromatic carbocycles. The van der Waals surface area contributed by atoms with E-state index in [-0.39, 0.29) is 12.5 Å². The summed E-state index contributed by atoms with van der Waals surface area (Å²) in [5, 5.41) is 17.2. The molecule has 0 spiro atoms. The molecule has 0 atom stereocenters. The Bertz CT molecular complexity index is 870. The van der Waals surface area contributed by atoms with E-state index in [0.717, 1.165) is 31.2 Å². The Kier molecular flexibility index (Phi) is 6.26. The lowest BCUT2D eigenvalue weighted by atomic mass is 10.1. The smallest absolute Gasteiger partial charge is 0.265 e. The van der Waals surface area contributed by atoms with E-state index in [1.165, 1.54) is 28.8 Å². The first-order valence-corrected chi connectivity index (χ1v) is 9.63. The fourth-order valence-electron chi connectivity index (χ4n) is 2.88. The normalized spacial score (nSPS) is 13.7. The molecule has 0 bridgehead atoms. The molecule has 0 saturated carbocycles. The minimum absolute atomic E-state index is 0.228. The first-order chi connectivity index (χ1) is 12.7. The second kappa shape index (κ2) is 8.84. The molecule has 134 valence electrons. The van der Waals surface area contributed by atoms with Crippen LogP contribution in [-0.4, -0.2) is 18.7 Å². The molecule has 1 aliphatic rings. The molecule has 0 radical (unpaired) electrons. The molecule has 5 nitrogen and oxygen atoms in total. The third-order valence-electron chi connectivity index (χ3n) is 4.15. The Balaban J connectivity index is 1.59. The molecular formula is C19H18ClN3O2S. The van der Waals surface area contributed by atoms with Crippen molar-refractivity contribution in [3.05, 3.63) is 50.9 Å². The van der Waals surface area contributed by atoms with Gasteiger partial charge in [-0.1, -0.05) is 41.4 Å². The Morgan fingerprint density at radius 2 is 2.15 bits per heavy atom. The number of nitrogens with zero attached hydrogens (tertiary/aromatic N) is 2. The molecule has 0 fully saturated rings. The molecule has 1 aliphatic carbocycles. The van der Waals surface area contributed by atoms with Crippen molar-refractivity contribution in [2.45, 2.75) is 32.1 Å². The highest BCUT2D eigenvalue weighted by Gasteiger charge is 2.21. The van der Waals surface area contributed by atoms with Gasteiger partial charge in [-0.15, -0.1) is 11.3 Å². The second-order valence-corrected chi connectivity index (χ2v) is 7.47. The van der Waals surface area contributed by atoms with Gasteiger partial charge in [-0.3, -0.25) is 4.79 Å². The third kappa shape index (κ3) is 4.43. The number of anilines is 1. The first kappa shape index (κ1) is 18.4. The second-order valence-electron chi connectivity index (χ2n) is 5.96. The predicted octanol–water partition coefficient (Wildman–Crippen LogP) is 4.53. The van der Waals surface area contributed by atoms with Crippen LogP contribution in [0.4, 0.5) is 5.00 Å². The zero-order valence-electron chi connectivity index (χ0n) is 14.1. The molecule has 1 aromatic heterocycles. The van der Waals surface area contributed by atoms with Crippen LogP contribution >= 0.6 is 22.9 Å². The highest BCUT2D eigenvalue weighted by molar-refractivity contribution is 7.16. The SMILES string of the molecule is N#Cc1c(NC(=O)CO/N=C/c2ccccc2Cl)sc2c1CCCCC2. The van der Waals surface area contributed by atoms with E-state index < -0.39 is 0 Å². The van der Waals surface area contributed by atoms with Crippen molar-refractivity contribution in [2.75, 3.05) is 11.9 Å². The van der Waals surface area contributed by atoms with Gasteiger partial charge >= 0.3 is 0 Å². The minimum Gasteiger partial charge on any atom is -0.386 e. The number of benzene rings is 1. The Labute approximate surface area is 161 Å². The number of oxime groups is 1. The summed E-state index contributed by atoms with van der Waals surface area (Å²) in [5.74, 6) is -0.339. The van der Waals surface area contributed by atoms with Gasteiger partial charge in [-0.05, 0) is 37.3 Å². The van der Waals surface area contributed by atoms with Gasteiger partial charge < -0.3 is 10.2 Å². The maximum atomic E-state index is 12.1. The molecule has 0 unspecified atom stereocenters. The fourth-order valence-corrected chi connectivity index (χ4v) is 4.32. The third-order valence-corrected chi connectivity index (χ3v) is 5.70. The molecule has 2 aromatic rings. The average molecular weight is 388 g/mol. The number of hydrogen-bond acceptors (Lipinski definition) is 5. The number of rotatable bonds is 5. The van der Waals surface area contributed by atoms with Crippen molar-refractivity contribution in [2.24, 2.45) is 5.16 Å². The zero-order valence-corrected chi connectivity index (χ0v) is 15.7. The molecule has 1 N–H and O–H groups in total. The van der Waals surface area contributed by atoms with E-state index in [1.807, 2.05) is 12.1 Å². The zero-order chi connectivity index (χ0) is 18.4. The summed E-state index contributed by atoms with van der Waals surface area (Å²) >= 11 is 7.51. The van der Waals surface area contributed by atoms with Crippen LogP contribution in [0.3, 0.4) is 0 Å². The van der Waals surface area contributed by atoms with E-state index in [1.54, 1.807) is 12.1 Å². The molecule has 1 heterocycles. The molecule has 1 amide bonds. The first-order valence-electron chi connectivity index (χ1n) is 8.43. The van der Waals surface area contributed by atoms with Gasteiger partial charge in [0.1, 0.15) is 11.1 Å². The number of hydrogen-bond donors (Lipinski definition) is 1. The van der Waals surface area contributed by atoms with Crippen molar-refractivity contribution in [1.29, 1.82) is 5.26 Å².